The second kappa shape index (κ2) is 8.37. The van der Waals surface area contributed by atoms with Crippen LogP contribution in [0.1, 0.15) is 12.5 Å². The lowest BCUT2D eigenvalue weighted by molar-refractivity contribution is 0.194. The van der Waals surface area contributed by atoms with E-state index in [4.69, 9.17) is 4.74 Å². The van der Waals surface area contributed by atoms with Crippen molar-refractivity contribution in [2.24, 2.45) is 0 Å². The summed E-state index contributed by atoms with van der Waals surface area (Å²) in [7, 11) is 0. The molecular weight excluding hydrogens is 316 g/mol. The van der Waals surface area contributed by atoms with Crippen LogP contribution in [0.4, 0.5) is 10.5 Å². The van der Waals surface area contributed by atoms with E-state index in [1.807, 2.05) is 36.1 Å². The maximum Gasteiger partial charge on any atom is 0.317 e. The summed E-state index contributed by atoms with van der Waals surface area (Å²) in [4.78, 5) is 20.4. The zero-order valence-electron chi connectivity index (χ0n) is 14.5. The van der Waals surface area contributed by atoms with Crippen molar-refractivity contribution in [1.82, 2.24) is 15.2 Å². The lowest BCUT2D eigenvalue weighted by atomic mass is 10.2. The van der Waals surface area contributed by atoms with E-state index in [0.717, 1.165) is 37.5 Å². The molecule has 0 unspecified atom stereocenters. The molecule has 0 radical (unpaired) electrons. The Labute approximate surface area is 148 Å². The third-order valence-electron chi connectivity index (χ3n) is 4.27. The fraction of sp³-hybridized carbons (Fsp3) is 0.368. The van der Waals surface area contributed by atoms with Crippen LogP contribution in [0.3, 0.4) is 0 Å². The summed E-state index contributed by atoms with van der Waals surface area (Å²) in [6.07, 6.45) is 3.47. The first-order chi connectivity index (χ1) is 12.3. The van der Waals surface area contributed by atoms with E-state index in [1.165, 1.54) is 5.69 Å². The van der Waals surface area contributed by atoms with Gasteiger partial charge in [0.25, 0.3) is 0 Å². The van der Waals surface area contributed by atoms with Crippen LogP contribution in [0.2, 0.25) is 0 Å². The van der Waals surface area contributed by atoms with E-state index in [-0.39, 0.29) is 6.03 Å². The van der Waals surface area contributed by atoms with E-state index in [1.54, 1.807) is 12.4 Å². The van der Waals surface area contributed by atoms with Crippen molar-refractivity contribution in [3.05, 3.63) is 54.4 Å². The van der Waals surface area contributed by atoms with Crippen LogP contribution in [-0.2, 0) is 6.54 Å². The molecule has 0 bridgehead atoms. The second-order valence-electron chi connectivity index (χ2n) is 5.92. The van der Waals surface area contributed by atoms with Crippen LogP contribution in [0, 0.1) is 0 Å². The molecule has 25 heavy (non-hydrogen) atoms. The van der Waals surface area contributed by atoms with Crippen molar-refractivity contribution in [3.63, 3.8) is 0 Å². The minimum Gasteiger partial charge on any atom is -0.494 e. The van der Waals surface area contributed by atoms with Crippen LogP contribution in [-0.4, -0.2) is 48.7 Å². The number of carbonyl (C=O) groups is 1. The molecule has 2 aromatic rings. The van der Waals surface area contributed by atoms with Crippen molar-refractivity contribution < 1.29 is 9.53 Å². The number of carbonyl (C=O) groups excluding carboxylic acids is 1. The first-order valence-corrected chi connectivity index (χ1v) is 8.66. The molecule has 2 amide bonds. The number of pyridine rings is 1. The van der Waals surface area contributed by atoms with E-state index in [9.17, 15) is 4.79 Å². The normalized spacial score (nSPS) is 14.3. The van der Waals surface area contributed by atoms with Crippen LogP contribution in [0.15, 0.2) is 48.8 Å². The highest BCUT2D eigenvalue weighted by Gasteiger charge is 2.21. The van der Waals surface area contributed by atoms with Gasteiger partial charge in [0.2, 0.25) is 0 Å². The van der Waals surface area contributed by atoms with Crippen molar-refractivity contribution >= 4 is 11.7 Å². The molecule has 132 valence electrons. The standard InChI is InChI=1S/C19H24N4O2/c1-2-25-18-5-3-17(4-6-18)22-11-13-23(14-12-22)19(24)21-15-16-7-9-20-10-8-16/h3-10H,2,11-15H2,1H3,(H,21,24). The molecule has 0 aliphatic carbocycles. The minimum absolute atomic E-state index is 0.0110. The molecule has 0 atom stereocenters. The quantitative estimate of drug-likeness (QED) is 0.909. The molecule has 3 rings (SSSR count). The number of hydrogen-bond donors (Lipinski definition) is 1. The summed E-state index contributed by atoms with van der Waals surface area (Å²) in [6.45, 7) is 6.28. The third-order valence-corrected chi connectivity index (χ3v) is 4.27. The van der Waals surface area contributed by atoms with Crippen molar-refractivity contribution in [3.8, 4) is 5.75 Å². The van der Waals surface area contributed by atoms with E-state index in [0.29, 0.717) is 13.2 Å². The molecule has 1 fully saturated rings. The number of anilines is 1. The Hall–Kier alpha value is -2.76. The molecule has 1 aromatic heterocycles. The predicted molar refractivity (Wildman–Crippen MR) is 97.9 cm³/mol. The predicted octanol–water partition coefficient (Wildman–Crippen LogP) is 2.51. The van der Waals surface area contributed by atoms with Gasteiger partial charge in [0.15, 0.2) is 0 Å². The van der Waals surface area contributed by atoms with Crippen LogP contribution in [0.5, 0.6) is 5.75 Å². The average Bonchev–Trinajstić information content (AvgIpc) is 2.68. The maximum absolute atomic E-state index is 12.3. The number of benzene rings is 1. The van der Waals surface area contributed by atoms with Crippen LogP contribution in [0.25, 0.3) is 0 Å². The number of rotatable bonds is 5. The molecule has 1 saturated heterocycles. The van der Waals surface area contributed by atoms with Gasteiger partial charge in [0.1, 0.15) is 5.75 Å². The largest absolute Gasteiger partial charge is 0.494 e. The Bertz CT molecular complexity index is 668. The van der Waals surface area contributed by atoms with Crippen LogP contribution >= 0.6 is 0 Å². The topological polar surface area (TPSA) is 57.7 Å². The first-order valence-electron chi connectivity index (χ1n) is 8.66. The van der Waals surface area contributed by atoms with Gasteiger partial charge in [0, 0.05) is 50.8 Å². The number of urea groups is 1. The van der Waals surface area contributed by atoms with Gasteiger partial charge in [-0.25, -0.2) is 4.79 Å². The maximum atomic E-state index is 12.3. The number of piperazine rings is 1. The molecule has 1 aromatic carbocycles. The summed E-state index contributed by atoms with van der Waals surface area (Å²) in [5.41, 5.74) is 2.22. The molecule has 1 N–H and O–H groups in total. The van der Waals surface area contributed by atoms with Gasteiger partial charge in [-0.1, -0.05) is 0 Å². The number of amides is 2. The molecule has 1 aliphatic rings. The zero-order valence-corrected chi connectivity index (χ0v) is 14.5. The molecule has 0 saturated carbocycles. The summed E-state index contributed by atoms with van der Waals surface area (Å²) >= 11 is 0. The highest BCUT2D eigenvalue weighted by molar-refractivity contribution is 5.74. The molecule has 2 heterocycles. The minimum atomic E-state index is -0.0110. The Kier molecular flexibility index (Phi) is 5.72. The molecule has 1 aliphatic heterocycles. The number of nitrogens with zero attached hydrogens (tertiary/aromatic N) is 3. The first kappa shape index (κ1) is 17.1. The average molecular weight is 340 g/mol. The summed E-state index contributed by atoms with van der Waals surface area (Å²) in [6, 6.07) is 11.9. The second-order valence-corrected chi connectivity index (χ2v) is 5.92. The molecule has 6 heteroatoms. The Balaban J connectivity index is 1.47. The van der Waals surface area contributed by atoms with Gasteiger partial charge in [0.05, 0.1) is 6.61 Å². The lowest BCUT2D eigenvalue weighted by Crippen LogP contribution is -2.51. The van der Waals surface area contributed by atoms with Gasteiger partial charge in [-0.05, 0) is 48.9 Å². The smallest absolute Gasteiger partial charge is 0.317 e. The highest BCUT2D eigenvalue weighted by atomic mass is 16.5. The number of hydrogen-bond acceptors (Lipinski definition) is 4. The SMILES string of the molecule is CCOc1ccc(N2CCN(C(=O)NCc3ccncc3)CC2)cc1. The van der Waals surface area contributed by atoms with E-state index in [2.05, 4.69) is 27.3 Å². The fourth-order valence-corrected chi connectivity index (χ4v) is 2.88. The van der Waals surface area contributed by atoms with Crippen molar-refractivity contribution in [2.45, 2.75) is 13.5 Å². The lowest BCUT2D eigenvalue weighted by Gasteiger charge is -2.36. The van der Waals surface area contributed by atoms with Gasteiger partial charge >= 0.3 is 6.03 Å². The van der Waals surface area contributed by atoms with Gasteiger partial charge in [-0.15, -0.1) is 0 Å². The zero-order chi connectivity index (χ0) is 17.5. The number of nitrogens with one attached hydrogen (secondary N) is 1. The molecular formula is C19H24N4O2. The summed E-state index contributed by atoms with van der Waals surface area (Å²) in [5.74, 6) is 0.889. The van der Waals surface area contributed by atoms with E-state index >= 15 is 0 Å². The Morgan fingerprint density at radius 2 is 1.76 bits per heavy atom. The number of aromatic nitrogens is 1. The fourth-order valence-electron chi connectivity index (χ4n) is 2.88. The molecule has 0 spiro atoms. The summed E-state index contributed by atoms with van der Waals surface area (Å²) in [5, 5.41) is 2.97. The Morgan fingerprint density at radius 1 is 1.08 bits per heavy atom. The van der Waals surface area contributed by atoms with Gasteiger partial charge in [-0.3, -0.25) is 4.98 Å². The van der Waals surface area contributed by atoms with Gasteiger partial charge < -0.3 is 19.9 Å². The van der Waals surface area contributed by atoms with Crippen LogP contribution < -0.4 is 15.0 Å². The summed E-state index contributed by atoms with van der Waals surface area (Å²) < 4.78 is 5.48. The highest BCUT2D eigenvalue weighted by Crippen LogP contribution is 2.20. The van der Waals surface area contributed by atoms with Gasteiger partial charge in [-0.2, -0.15) is 0 Å². The third kappa shape index (κ3) is 4.62. The van der Waals surface area contributed by atoms with E-state index < -0.39 is 0 Å². The monoisotopic (exact) mass is 340 g/mol. The number of ether oxygens (including phenoxy) is 1. The van der Waals surface area contributed by atoms with Crippen molar-refractivity contribution in [2.75, 3.05) is 37.7 Å². The Morgan fingerprint density at radius 3 is 2.40 bits per heavy atom. The molecule has 6 nitrogen and oxygen atoms in total. The van der Waals surface area contributed by atoms with Crippen molar-refractivity contribution in [1.29, 1.82) is 0 Å².